The number of rotatable bonds is 5. The van der Waals surface area contributed by atoms with E-state index in [4.69, 9.17) is 4.74 Å². The molecular formula is C20H20N2O2. The van der Waals surface area contributed by atoms with E-state index in [1.807, 2.05) is 56.4 Å². The molecule has 3 rings (SSSR count). The Labute approximate surface area is 141 Å². The first-order valence-corrected chi connectivity index (χ1v) is 7.92. The van der Waals surface area contributed by atoms with Gasteiger partial charge in [0.15, 0.2) is 0 Å². The molecule has 122 valence electrons. The third-order valence-corrected chi connectivity index (χ3v) is 3.90. The highest BCUT2D eigenvalue weighted by molar-refractivity contribution is 5.72. The Morgan fingerprint density at radius 2 is 1.92 bits per heavy atom. The minimum Gasteiger partial charge on any atom is -0.461 e. The van der Waals surface area contributed by atoms with Crippen molar-refractivity contribution < 1.29 is 9.53 Å². The number of aromatic nitrogens is 2. The average molecular weight is 320 g/mol. The molecule has 0 spiro atoms. The molecule has 0 saturated carbocycles. The zero-order valence-electron chi connectivity index (χ0n) is 13.9. The maximum atomic E-state index is 12.1. The van der Waals surface area contributed by atoms with Gasteiger partial charge in [0, 0.05) is 11.8 Å². The fraction of sp³-hybridized carbons (Fsp3) is 0.200. The summed E-state index contributed by atoms with van der Waals surface area (Å²) in [6.07, 6.45) is 3.78. The standard InChI is InChI=1S/C20H20N2O2/c1-15-8-9-16(2)18(10-15)14-24-20(23)11-17-12-21-22(13-17)19-6-4-3-5-7-19/h3-10,12-13H,11,14H2,1-2H3. The summed E-state index contributed by atoms with van der Waals surface area (Å²) in [5.74, 6) is -0.247. The molecule has 0 aliphatic carbocycles. The quantitative estimate of drug-likeness (QED) is 0.672. The number of carbonyl (C=O) groups excluding carboxylic acids is 1. The van der Waals surface area contributed by atoms with E-state index < -0.39 is 0 Å². The van der Waals surface area contributed by atoms with Gasteiger partial charge in [0.1, 0.15) is 6.61 Å². The Balaban J connectivity index is 1.59. The summed E-state index contributed by atoms with van der Waals surface area (Å²) in [4.78, 5) is 12.1. The van der Waals surface area contributed by atoms with Gasteiger partial charge in [-0.25, -0.2) is 4.68 Å². The molecular weight excluding hydrogens is 300 g/mol. The zero-order chi connectivity index (χ0) is 16.9. The summed E-state index contributed by atoms with van der Waals surface area (Å²) in [7, 11) is 0. The predicted molar refractivity (Wildman–Crippen MR) is 93.0 cm³/mol. The molecule has 0 radical (unpaired) electrons. The van der Waals surface area contributed by atoms with E-state index in [9.17, 15) is 4.79 Å². The Bertz CT molecular complexity index is 838. The van der Waals surface area contributed by atoms with E-state index in [1.165, 1.54) is 0 Å². The molecule has 0 aliphatic heterocycles. The molecule has 2 aromatic carbocycles. The monoisotopic (exact) mass is 320 g/mol. The van der Waals surface area contributed by atoms with Crippen molar-refractivity contribution in [3.8, 4) is 5.69 Å². The number of ether oxygens (including phenoxy) is 1. The van der Waals surface area contributed by atoms with Crippen molar-refractivity contribution in [1.29, 1.82) is 0 Å². The number of hydrogen-bond donors (Lipinski definition) is 0. The third-order valence-electron chi connectivity index (χ3n) is 3.90. The molecule has 0 fully saturated rings. The van der Waals surface area contributed by atoms with Crippen LogP contribution in [0.1, 0.15) is 22.3 Å². The minimum atomic E-state index is -0.247. The summed E-state index contributed by atoms with van der Waals surface area (Å²) < 4.78 is 7.16. The molecule has 24 heavy (non-hydrogen) atoms. The van der Waals surface area contributed by atoms with Crippen molar-refractivity contribution in [3.63, 3.8) is 0 Å². The van der Waals surface area contributed by atoms with Crippen molar-refractivity contribution >= 4 is 5.97 Å². The van der Waals surface area contributed by atoms with Gasteiger partial charge in [-0.1, -0.05) is 42.0 Å². The Hall–Kier alpha value is -2.88. The first kappa shape index (κ1) is 16.0. The summed E-state index contributed by atoms with van der Waals surface area (Å²) >= 11 is 0. The number of hydrogen-bond acceptors (Lipinski definition) is 3. The summed E-state index contributed by atoms with van der Waals surface area (Å²) in [5, 5.41) is 4.29. The third kappa shape index (κ3) is 3.90. The average Bonchev–Trinajstić information content (AvgIpc) is 3.05. The Kier molecular flexibility index (Phi) is 4.75. The predicted octanol–water partition coefficient (Wildman–Crippen LogP) is 3.78. The van der Waals surface area contributed by atoms with Gasteiger partial charge in [-0.15, -0.1) is 0 Å². The second-order valence-electron chi connectivity index (χ2n) is 5.90. The van der Waals surface area contributed by atoms with Gasteiger partial charge in [0.25, 0.3) is 0 Å². The molecule has 1 heterocycles. The lowest BCUT2D eigenvalue weighted by atomic mass is 10.1. The van der Waals surface area contributed by atoms with Crippen molar-refractivity contribution in [2.24, 2.45) is 0 Å². The van der Waals surface area contributed by atoms with E-state index in [0.717, 1.165) is 27.9 Å². The first-order chi connectivity index (χ1) is 11.6. The smallest absolute Gasteiger partial charge is 0.310 e. The van der Waals surface area contributed by atoms with Crippen LogP contribution in [-0.2, 0) is 22.6 Å². The van der Waals surface area contributed by atoms with Gasteiger partial charge < -0.3 is 4.74 Å². The van der Waals surface area contributed by atoms with E-state index in [0.29, 0.717) is 6.61 Å². The van der Waals surface area contributed by atoms with E-state index in [2.05, 4.69) is 17.2 Å². The fourth-order valence-electron chi connectivity index (χ4n) is 2.51. The molecule has 3 aromatic rings. The van der Waals surface area contributed by atoms with Gasteiger partial charge in [-0.3, -0.25) is 4.79 Å². The van der Waals surface area contributed by atoms with Crippen LogP contribution < -0.4 is 0 Å². The topological polar surface area (TPSA) is 44.1 Å². The highest BCUT2D eigenvalue weighted by Gasteiger charge is 2.09. The second-order valence-corrected chi connectivity index (χ2v) is 5.90. The molecule has 0 N–H and O–H groups in total. The molecule has 0 bridgehead atoms. The lowest BCUT2D eigenvalue weighted by Crippen LogP contribution is -2.08. The number of esters is 1. The van der Waals surface area contributed by atoms with E-state index in [1.54, 1.807) is 10.9 Å². The summed E-state index contributed by atoms with van der Waals surface area (Å²) in [6.45, 7) is 4.36. The molecule has 4 heteroatoms. The Morgan fingerprint density at radius 3 is 2.71 bits per heavy atom. The van der Waals surface area contributed by atoms with Crippen LogP contribution in [0.4, 0.5) is 0 Å². The van der Waals surface area contributed by atoms with E-state index in [-0.39, 0.29) is 12.4 Å². The summed E-state index contributed by atoms with van der Waals surface area (Å²) in [5.41, 5.74) is 5.14. The van der Waals surface area contributed by atoms with Crippen LogP contribution in [0.3, 0.4) is 0 Å². The highest BCUT2D eigenvalue weighted by atomic mass is 16.5. The van der Waals surface area contributed by atoms with Gasteiger partial charge in [-0.2, -0.15) is 5.10 Å². The first-order valence-electron chi connectivity index (χ1n) is 7.92. The van der Waals surface area contributed by atoms with Crippen molar-refractivity contribution in [3.05, 3.63) is 83.2 Å². The van der Waals surface area contributed by atoms with Gasteiger partial charge in [-0.05, 0) is 37.1 Å². The maximum Gasteiger partial charge on any atom is 0.310 e. The molecule has 0 saturated heterocycles. The normalized spacial score (nSPS) is 10.6. The SMILES string of the molecule is Cc1ccc(C)c(COC(=O)Cc2cnn(-c3ccccc3)c2)c1. The highest BCUT2D eigenvalue weighted by Crippen LogP contribution is 2.13. The largest absolute Gasteiger partial charge is 0.461 e. The fourth-order valence-corrected chi connectivity index (χ4v) is 2.51. The van der Waals surface area contributed by atoms with Crippen LogP contribution in [0, 0.1) is 13.8 Å². The number of benzene rings is 2. The number of nitrogens with zero attached hydrogens (tertiary/aromatic N) is 2. The molecule has 0 aliphatic rings. The van der Waals surface area contributed by atoms with Crippen LogP contribution >= 0.6 is 0 Å². The lowest BCUT2D eigenvalue weighted by molar-refractivity contribution is -0.144. The molecule has 1 aromatic heterocycles. The van der Waals surface area contributed by atoms with Crippen LogP contribution in [0.5, 0.6) is 0 Å². The van der Waals surface area contributed by atoms with Crippen molar-refractivity contribution in [1.82, 2.24) is 9.78 Å². The number of carbonyl (C=O) groups is 1. The minimum absolute atomic E-state index is 0.220. The van der Waals surface area contributed by atoms with Crippen LogP contribution in [-0.4, -0.2) is 15.7 Å². The maximum absolute atomic E-state index is 12.1. The van der Waals surface area contributed by atoms with Crippen molar-refractivity contribution in [2.75, 3.05) is 0 Å². The molecule has 0 unspecified atom stereocenters. The van der Waals surface area contributed by atoms with Crippen LogP contribution in [0.15, 0.2) is 60.9 Å². The van der Waals surface area contributed by atoms with Crippen LogP contribution in [0.2, 0.25) is 0 Å². The van der Waals surface area contributed by atoms with Crippen LogP contribution in [0.25, 0.3) is 5.69 Å². The molecule has 4 nitrogen and oxygen atoms in total. The van der Waals surface area contributed by atoms with Gasteiger partial charge in [0.2, 0.25) is 0 Å². The van der Waals surface area contributed by atoms with Gasteiger partial charge in [0.05, 0.1) is 18.3 Å². The zero-order valence-corrected chi connectivity index (χ0v) is 13.9. The van der Waals surface area contributed by atoms with Gasteiger partial charge >= 0.3 is 5.97 Å². The molecule has 0 atom stereocenters. The lowest BCUT2D eigenvalue weighted by Gasteiger charge is -2.08. The number of para-hydroxylation sites is 1. The molecule has 0 amide bonds. The van der Waals surface area contributed by atoms with E-state index >= 15 is 0 Å². The Morgan fingerprint density at radius 1 is 1.12 bits per heavy atom. The second kappa shape index (κ2) is 7.13. The number of aryl methyl sites for hydroxylation is 2. The summed E-state index contributed by atoms with van der Waals surface area (Å²) in [6, 6.07) is 15.9. The van der Waals surface area contributed by atoms with Crippen molar-refractivity contribution in [2.45, 2.75) is 26.9 Å².